The Morgan fingerprint density at radius 2 is 2.29 bits per heavy atom. The molecule has 0 radical (unpaired) electrons. The Hall–Kier alpha value is -1.82. The molecule has 0 bridgehead atoms. The predicted molar refractivity (Wildman–Crippen MR) is 67.3 cm³/mol. The van der Waals surface area contributed by atoms with Crippen LogP contribution in [-0.2, 0) is 11.2 Å². The normalized spacial score (nSPS) is 11.6. The predicted octanol–water partition coefficient (Wildman–Crippen LogP) is 2.35. The number of amides is 1. The van der Waals surface area contributed by atoms with Crippen LogP contribution in [0.25, 0.3) is 0 Å². The number of aryl methyl sites for hydroxylation is 1. The molecule has 3 heteroatoms. The molecule has 0 aromatic heterocycles. The monoisotopic (exact) mass is 230 g/mol. The first-order chi connectivity index (χ1) is 8.15. The van der Waals surface area contributed by atoms with Gasteiger partial charge in [0.25, 0.3) is 0 Å². The van der Waals surface area contributed by atoms with Crippen molar-refractivity contribution < 1.29 is 4.79 Å². The van der Waals surface area contributed by atoms with E-state index < -0.39 is 0 Å². The topological polar surface area (TPSA) is 52.9 Å². The van der Waals surface area contributed by atoms with Crippen LogP contribution in [0.2, 0.25) is 0 Å². The Labute approximate surface area is 102 Å². The number of nitriles is 1. The van der Waals surface area contributed by atoms with E-state index in [2.05, 4.69) is 11.4 Å². The first-order valence-corrected chi connectivity index (χ1v) is 5.90. The average molecular weight is 230 g/mol. The van der Waals surface area contributed by atoms with Crippen LogP contribution in [0.3, 0.4) is 0 Å². The van der Waals surface area contributed by atoms with Crippen LogP contribution in [0.4, 0.5) is 0 Å². The second kappa shape index (κ2) is 6.70. The second-order valence-electron chi connectivity index (χ2n) is 4.20. The molecule has 0 aliphatic heterocycles. The van der Waals surface area contributed by atoms with E-state index in [1.807, 2.05) is 38.1 Å². The van der Waals surface area contributed by atoms with Gasteiger partial charge in [-0.05, 0) is 18.9 Å². The van der Waals surface area contributed by atoms with E-state index in [1.54, 1.807) is 0 Å². The summed E-state index contributed by atoms with van der Waals surface area (Å²) in [7, 11) is 0. The van der Waals surface area contributed by atoms with Crippen LogP contribution in [0.5, 0.6) is 0 Å². The van der Waals surface area contributed by atoms with Crippen molar-refractivity contribution in [2.24, 2.45) is 0 Å². The van der Waals surface area contributed by atoms with Gasteiger partial charge in [0.2, 0.25) is 5.91 Å². The number of nitrogens with zero attached hydrogens (tertiary/aromatic N) is 1. The standard InChI is InChI=1S/C14H18N2O/c1-3-5-13(10-15)16-14(17)9-12-7-4-6-11(2)8-12/h4,6-8,13H,3,5,9H2,1-2H3,(H,16,17). The van der Waals surface area contributed by atoms with Crippen molar-refractivity contribution in [3.05, 3.63) is 35.4 Å². The van der Waals surface area contributed by atoms with Crippen LogP contribution >= 0.6 is 0 Å². The van der Waals surface area contributed by atoms with Gasteiger partial charge in [-0.1, -0.05) is 43.2 Å². The molecule has 0 saturated heterocycles. The summed E-state index contributed by atoms with van der Waals surface area (Å²) in [5.41, 5.74) is 2.12. The van der Waals surface area contributed by atoms with E-state index in [0.29, 0.717) is 12.8 Å². The highest BCUT2D eigenvalue weighted by molar-refractivity contribution is 5.79. The number of carbonyl (C=O) groups excluding carboxylic acids is 1. The molecule has 1 aromatic carbocycles. The third kappa shape index (κ3) is 4.69. The number of nitrogens with one attached hydrogen (secondary N) is 1. The molecule has 0 saturated carbocycles. The summed E-state index contributed by atoms with van der Waals surface area (Å²) in [5, 5.41) is 11.6. The molecule has 3 nitrogen and oxygen atoms in total. The third-order valence-corrected chi connectivity index (χ3v) is 2.52. The summed E-state index contributed by atoms with van der Waals surface area (Å²) >= 11 is 0. The maximum absolute atomic E-state index is 11.7. The van der Waals surface area contributed by atoms with Gasteiger partial charge in [0, 0.05) is 0 Å². The molecule has 1 N–H and O–H groups in total. The number of hydrogen-bond acceptors (Lipinski definition) is 2. The van der Waals surface area contributed by atoms with Crippen molar-refractivity contribution in [3.8, 4) is 6.07 Å². The molecule has 0 aliphatic rings. The lowest BCUT2D eigenvalue weighted by Gasteiger charge is -2.10. The van der Waals surface area contributed by atoms with Crippen molar-refractivity contribution in [3.63, 3.8) is 0 Å². The van der Waals surface area contributed by atoms with Gasteiger partial charge in [-0.2, -0.15) is 5.26 Å². The fourth-order valence-electron chi connectivity index (χ4n) is 1.71. The maximum atomic E-state index is 11.7. The van der Waals surface area contributed by atoms with Crippen LogP contribution in [-0.4, -0.2) is 11.9 Å². The Bertz CT molecular complexity index is 420. The Kier molecular flexibility index (Phi) is 5.22. The number of benzene rings is 1. The Morgan fingerprint density at radius 3 is 2.88 bits per heavy atom. The zero-order valence-corrected chi connectivity index (χ0v) is 10.4. The van der Waals surface area contributed by atoms with Gasteiger partial charge >= 0.3 is 0 Å². The highest BCUT2D eigenvalue weighted by Crippen LogP contribution is 2.05. The van der Waals surface area contributed by atoms with E-state index >= 15 is 0 Å². The molecule has 1 amide bonds. The zero-order valence-electron chi connectivity index (χ0n) is 10.4. The van der Waals surface area contributed by atoms with Crippen molar-refractivity contribution >= 4 is 5.91 Å². The minimum atomic E-state index is -0.364. The number of rotatable bonds is 5. The fraction of sp³-hybridized carbons (Fsp3) is 0.429. The van der Waals surface area contributed by atoms with E-state index in [-0.39, 0.29) is 11.9 Å². The molecule has 0 fully saturated rings. The quantitative estimate of drug-likeness (QED) is 0.844. The maximum Gasteiger partial charge on any atom is 0.225 e. The molecule has 90 valence electrons. The van der Waals surface area contributed by atoms with Crippen molar-refractivity contribution in [2.75, 3.05) is 0 Å². The SMILES string of the molecule is CCCC(C#N)NC(=O)Cc1cccc(C)c1. The van der Waals surface area contributed by atoms with Crippen LogP contribution in [0.15, 0.2) is 24.3 Å². The molecule has 1 unspecified atom stereocenters. The molecular weight excluding hydrogens is 212 g/mol. The van der Waals surface area contributed by atoms with Crippen molar-refractivity contribution in [1.29, 1.82) is 5.26 Å². The minimum absolute atomic E-state index is 0.0874. The van der Waals surface area contributed by atoms with Gasteiger partial charge in [-0.15, -0.1) is 0 Å². The van der Waals surface area contributed by atoms with Crippen LogP contribution in [0.1, 0.15) is 30.9 Å². The summed E-state index contributed by atoms with van der Waals surface area (Å²) in [6.07, 6.45) is 1.93. The van der Waals surface area contributed by atoms with E-state index in [9.17, 15) is 4.79 Å². The summed E-state index contributed by atoms with van der Waals surface area (Å²) in [4.78, 5) is 11.7. The Morgan fingerprint density at radius 1 is 1.53 bits per heavy atom. The highest BCUT2D eigenvalue weighted by atomic mass is 16.1. The summed E-state index contributed by atoms with van der Waals surface area (Å²) in [6, 6.07) is 9.58. The molecule has 0 spiro atoms. The summed E-state index contributed by atoms with van der Waals surface area (Å²) < 4.78 is 0. The zero-order chi connectivity index (χ0) is 12.7. The van der Waals surface area contributed by atoms with Crippen molar-refractivity contribution in [1.82, 2.24) is 5.32 Å². The van der Waals surface area contributed by atoms with Crippen LogP contribution < -0.4 is 5.32 Å². The molecule has 1 rings (SSSR count). The summed E-state index contributed by atoms with van der Waals surface area (Å²) in [6.45, 7) is 3.99. The molecule has 17 heavy (non-hydrogen) atoms. The smallest absolute Gasteiger partial charge is 0.225 e. The van der Waals surface area contributed by atoms with E-state index in [0.717, 1.165) is 17.5 Å². The van der Waals surface area contributed by atoms with Gasteiger partial charge in [-0.3, -0.25) is 4.79 Å². The fourth-order valence-corrected chi connectivity index (χ4v) is 1.71. The second-order valence-corrected chi connectivity index (χ2v) is 4.20. The van der Waals surface area contributed by atoms with Gasteiger partial charge < -0.3 is 5.32 Å². The Balaban J connectivity index is 2.52. The molecule has 0 heterocycles. The average Bonchev–Trinajstić information content (AvgIpc) is 2.28. The van der Waals surface area contributed by atoms with Gasteiger partial charge in [0.05, 0.1) is 12.5 Å². The third-order valence-electron chi connectivity index (χ3n) is 2.52. The number of carbonyl (C=O) groups is 1. The number of hydrogen-bond donors (Lipinski definition) is 1. The van der Waals surface area contributed by atoms with Crippen molar-refractivity contribution in [2.45, 2.75) is 39.2 Å². The van der Waals surface area contributed by atoms with E-state index in [1.165, 1.54) is 0 Å². The first kappa shape index (κ1) is 13.2. The summed E-state index contributed by atoms with van der Waals surface area (Å²) in [5.74, 6) is -0.0874. The largest absolute Gasteiger partial charge is 0.340 e. The lowest BCUT2D eigenvalue weighted by atomic mass is 10.1. The highest BCUT2D eigenvalue weighted by Gasteiger charge is 2.10. The van der Waals surface area contributed by atoms with Gasteiger partial charge in [-0.25, -0.2) is 0 Å². The lowest BCUT2D eigenvalue weighted by molar-refractivity contribution is -0.120. The lowest BCUT2D eigenvalue weighted by Crippen LogP contribution is -2.34. The molecule has 1 atom stereocenters. The van der Waals surface area contributed by atoms with E-state index in [4.69, 9.17) is 5.26 Å². The van der Waals surface area contributed by atoms with Crippen LogP contribution in [0, 0.1) is 18.3 Å². The minimum Gasteiger partial charge on any atom is -0.340 e. The first-order valence-electron chi connectivity index (χ1n) is 5.90. The molecular formula is C14H18N2O. The molecule has 1 aromatic rings. The van der Waals surface area contributed by atoms with Gasteiger partial charge in [0.15, 0.2) is 0 Å². The van der Waals surface area contributed by atoms with Gasteiger partial charge in [0.1, 0.15) is 6.04 Å². The molecule has 0 aliphatic carbocycles.